The summed E-state index contributed by atoms with van der Waals surface area (Å²) in [6.07, 6.45) is 3.39. The number of nitrogens with zero attached hydrogens (tertiary/aromatic N) is 3. The summed E-state index contributed by atoms with van der Waals surface area (Å²) in [5.74, 6) is -0.540. The van der Waals surface area contributed by atoms with Crippen molar-refractivity contribution in [2.24, 2.45) is 11.7 Å². The minimum atomic E-state index is -1.06. The molecule has 1 aromatic rings. The van der Waals surface area contributed by atoms with Gasteiger partial charge in [0, 0.05) is 12.6 Å². The van der Waals surface area contributed by atoms with Gasteiger partial charge in [0.2, 0.25) is 5.28 Å². The van der Waals surface area contributed by atoms with Crippen LogP contribution in [-0.2, 0) is 0 Å². The third kappa shape index (κ3) is 3.53. The van der Waals surface area contributed by atoms with Crippen LogP contribution >= 0.6 is 11.6 Å². The highest BCUT2D eigenvalue weighted by molar-refractivity contribution is 6.28. The van der Waals surface area contributed by atoms with Gasteiger partial charge in [-0.15, -0.1) is 0 Å². The Labute approximate surface area is 143 Å². The van der Waals surface area contributed by atoms with Crippen molar-refractivity contribution in [2.75, 3.05) is 11.9 Å². The van der Waals surface area contributed by atoms with E-state index >= 15 is 0 Å². The number of urea groups is 1. The van der Waals surface area contributed by atoms with Crippen LogP contribution in [0.25, 0.3) is 0 Å². The maximum Gasteiger partial charge on any atom is 0.315 e. The van der Waals surface area contributed by atoms with Crippen molar-refractivity contribution in [3.8, 4) is 0 Å². The first-order valence-electron chi connectivity index (χ1n) is 8.10. The number of likely N-dealkylation sites (tertiary alicyclic amines) is 1. The van der Waals surface area contributed by atoms with Gasteiger partial charge in [0.15, 0.2) is 11.6 Å². The fraction of sp³-hybridized carbons (Fsp3) is 0.667. The van der Waals surface area contributed by atoms with E-state index in [1.165, 1.54) is 4.90 Å². The van der Waals surface area contributed by atoms with Crippen molar-refractivity contribution in [3.05, 3.63) is 17.3 Å². The standard InChI is InChI=1S/C15H20ClF2N5O/c16-14-20-7-11(18)13(22-14)21-9-3-1-2-8(6-9)12-10(17)4-5-23(12)15(19)24/h7-10,12H,1-6H2,(H2,19,24)(H,20,21,22)/t8-,9+,10?,12?/m1/s1. The molecule has 132 valence electrons. The Kier molecular flexibility index (Phi) is 5.03. The Balaban J connectivity index is 1.70. The average Bonchev–Trinajstić information content (AvgIpc) is 2.93. The monoisotopic (exact) mass is 359 g/mol. The second-order valence-electron chi connectivity index (χ2n) is 6.43. The Morgan fingerprint density at radius 2 is 2.21 bits per heavy atom. The van der Waals surface area contributed by atoms with Gasteiger partial charge in [0.25, 0.3) is 0 Å². The number of primary amides is 1. The Morgan fingerprint density at radius 3 is 2.96 bits per heavy atom. The molecule has 1 saturated heterocycles. The number of nitrogens with one attached hydrogen (secondary N) is 1. The molecule has 9 heteroatoms. The van der Waals surface area contributed by atoms with Gasteiger partial charge in [-0.2, -0.15) is 4.98 Å². The van der Waals surface area contributed by atoms with Crippen LogP contribution in [0.5, 0.6) is 0 Å². The highest BCUT2D eigenvalue weighted by Gasteiger charge is 2.43. The van der Waals surface area contributed by atoms with E-state index in [1.807, 2.05) is 0 Å². The van der Waals surface area contributed by atoms with Crippen LogP contribution < -0.4 is 11.1 Å². The molecular formula is C15H20ClF2N5O. The molecule has 0 bridgehead atoms. The largest absolute Gasteiger partial charge is 0.365 e. The highest BCUT2D eigenvalue weighted by Crippen LogP contribution is 2.36. The molecule has 2 heterocycles. The van der Waals surface area contributed by atoms with Gasteiger partial charge in [-0.3, -0.25) is 0 Å². The molecule has 2 unspecified atom stereocenters. The van der Waals surface area contributed by atoms with Crippen LogP contribution in [0, 0.1) is 11.7 Å². The van der Waals surface area contributed by atoms with Gasteiger partial charge in [0.1, 0.15) is 6.17 Å². The molecule has 1 aromatic heterocycles. The number of rotatable bonds is 3. The molecule has 2 aliphatic rings. The number of carbonyl (C=O) groups is 1. The molecule has 2 amide bonds. The van der Waals surface area contributed by atoms with Gasteiger partial charge in [-0.1, -0.05) is 6.42 Å². The van der Waals surface area contributed by atoms with Gasteiger partial charge in [-0.05, 0) is 43.2 Å². The van der Waals surface area contributed by atoms with Crippen LogP contribution in [0.15, 0.2) is 6.20 Å². The van der Waals surface area contributed by atoms with E-state index in [2.05, 4.69) is 15.3 Å². The minimum Gasteiger partial charge on any atom is -0.365 e. The summed E-state index contributed by atoms with van der Waals surface area (Å²) >= 11 is 5.70. The zero-order valence-corrected chi connectivity index (χ0v) is 13.8. The lowest BCUT2D eigenvalue weighted by atomic mass is 9.80. The van der Waals surface area contributed by atoms with E-state index in [0.29, 0.717) is 19.4 Å². The van der Waals surface area contributed by atoms with Crippen molar-refractivity contribution in [3.63, 3.8) is 0 Å². The van der Waals surface area contributed by atoms with Crippen molar-refractivity contribution in [1.82, 2.24) is 14.9 Å². The van der Waals surface area contributed by atoms with Gasteiger partial charge < -0.3 is 16.0 Å². The Hall–Kier alpha value is -1.70. The first kappa shape index (κ1) is 17.1. The van der Waals surface area contributed by atoms with E-state index in [1.54, 1.807) is 0 Å². The lowest BCUT2D eigenvalue weighted by molar-refractivity contribution is 0.122. The van der Waals surface area contributed by atoms with Crippen LogP contribution in [0.1, 0.15) is 32.1 Å². The van der Waals surface area contributed by atoms with Gasteiger partial charge in [0.05, 0.1) is 12.2 Å². The molecule has 1 aliphatic carbocycles. The number of nitrogens with two attached hydrogens (primary N) is 1. The normalized spacial score (nSPS) is 30.4. The predicted octanol–water partition coefficient (Wildman–Crippen LogP) is 2.73. The fourth-order valence-electron chi connectivity index (χ4n) is 3.89. The molecule has 0 spiro atoms. The van der Waals surface area contributed by atoms with Gasteiger partial charge >= 0.3 is 6.03 Å². The fourth-order valence-corrected chi connectivity index (χ4v) is 4.03. The first-order chi connectivity index (χ1) is 11.5. The molecule has 0 radical (unpaired) electrons. The maximum atomic E-state index is 14.3. The molecule has 4 atom stereocenters. The molecule has 3 rings (SSSR count). The number of amides is 2. The molecule has 1 aliphatic heterocycles. The summed E-state index contributed by atoms with van der Waals surface area (Å²) in [6, 6.07) is -1.14. The molecule has 6 nitrogen and oxygen atoms in total. The van der Waals surface area contributed by atoms with E-state index in [4.69, 9.17) is 17.3 Å². The lowest BCUT2D eigenvalue weighted by Crippen LogP contribution is -2.48. The zero-order chi connectivity index (χ0) is 17.3. The van der Waals surface area contributed by atoms with Gasteiger partial charge in [-0.25, -0.2) is 18.6 Å². The number of anilines is 1. The molecule has 1 saturated carbocycles. The number of alkyl halides is 1. The lowest BCUT2D eigenvalue weighted by Gasteiger charge is -2.37. The number of carbonyl (C=O) groups excluding carboxylic acids is 1. The number of hydrogen-bond donors (Lipinski definition) is 2. The maximum absolute atomic E-state index is 14.3. The zero-order valence-electron chi connectivity index (χ0n) is 13.1. The summed E-state index contributed by atoms with van der Waals surface area (Å²) in [4.78, 5) is 20.4. The van der Waals surface area contributed by atoms with Crippen molar-refractivity contribution < 1.29 is 13.6 Å². The van der Waals surface area contributed by atoms with E-state index in [-0.39, 0.29) is 23.1 Å². The highest BCUT2D eigenvalue weighted by atomic mass is 35.5. The summed E-state index contributed by atoms with van der Waals surface area (Å²) in [7, 11) is 0. The van der Waals surface area contributed by atoms with Crippen LogP contribution in [0.4, 0.5) is 19.4 Å². The smallest absolute Gasteiger partial charge is 0.315 e. The summed E-state index contributed by atoms with van der Waals surface area (Å²) in [6.45, 7) is 0.353. The third-order valence-corrected chi connectivity index (χ3v) is 5.09. The van der Waals surface area contributed by atoms with Crippen LogP contribution in [-0.4, -0.2) is 45.7 Å². The predicted molar refractivity (Wildman–Crippen MR) is 86.0 cm³/mol. The molecular weight excluding hydrogens is 340 g/mol. The topological polar surface area (TPSA) is 84.1 Å². The van der Waals surface area contributed by atoms with E-state index in [9.17, 15) is 13.6 Å². The number of halogens is 3. The number of hydrogen-bond acceptors (Lipinski definition) is 4. The molecule has 24 heavy (non-hydrogen) atoms. The quantitative estimate of drug-likeness (QED) is 0.813. The molecule has 2 fully saturated rings. The van der Waals surface area contributed by atoms with E-state index in [0.717, 1.165) is 25.5 Å². The summed E-state index contributed by atoms with van der Waals surface area (Å²) in [5, 5.41) is 3.00. The summed E-state index contributed by atoms with van der Waals surface area (Å²) < 4.78 is 28.1. The Morgan fingerprint density at radius 1 is 1.42 bits per heavy atom. The Bertz CT molecular complexity index is 620. The SMILES string of the molecule is NC(=O)N1CCC(F)C1[C@@H]1CCC[C@H](Nc2nc(Cl)ncc2F)C1. The average molecular weight is 360 g/mol. The second kappa shape index (κ2) is 7.04. The number of aromatic nitrogens is 2. The first-order valence-corrected chi connectivity index (χ1v) is 8.48. The molecule has 3 N–H and O–H groups in total. The van der Waals surface area contributed by atoms with Crippen LogP contribution in [0.2, 0.25) is 5.28 Å². The summed E-state index contributed by atoms with van der Waals surface area (Å²) in [5.41, 5.74) is 5.38. The second-order valence-corrected chi connectivity index (χ2v) is 6.77. The van der Waals surface area contributed by atoms with Crippen molar-refractivity contribution in [2.45, 2.75) is 50.4 Å². The minimum absolute atomic E-state index is 0.0124. The van der Waals surface area contributed by atoms with Crippen LogP contribution in [0.3, 0.4) is 0 Å². The van der Waals surface area contributed by atoms with Crippen molar-refractivity contribution in [1.29, 1.82) is 0 Å². The third-order valence-electron chi connectivity index (χ3n) is 4.91. The van der Waals surface area contributed by atoms with Crippen molar-refractivity contribution >= 4 is 23.4 Å². The molecule has 0 aromatic carbocycles. The van der Waals surface area contributed by atoms with E-state index < -0.39 is 24.1 Å².